The van der Waals surface area contributed by atoms with Gasteiger partial charge in [0.25, 0.3) is 0 Å². The van der Waals surface area contributed by atoms with E-state index in [0.717, 1.165) is 5.56 Å². The molecule has 1 aromatic heterocycles. The van der Waals surface area contributed by atoms with E-state index in [4.69, 9.17) is 28.7 Å². The number of hydrogen-bond donors (Lipinski definition) is 19. The summed E-state index contributed by atoms with van der Waals surface area (Å²) in [6, 6.07) is 6.72. The second kappa shape index (κ2) is 37.1. The summed E-state index contributed by atoms with van der Waals surface area (Å²) in [6.45, 7) is -0.902. The summed E-state index contributed by atoms with van der Waals surface area (Å²) >= 11 is 0. The minimum atomic E-state index is -1.99. The number of benzene rings is 3. The highest BCUT2D eigenvalue weighted by Crippen LogP contribution is 2.20. The zero-order valence-corrected chi connectivity index (χ0v) is 48.9. The smallest absolute Gasteiger partial charge is 0.326 e. The number of aliphatic carboxylic acids is 3. The maximum atomic E-state index is 14.3. The van der Waals surface area contributed by atoms with Crippen LogP contribution in [0.4, 0.5) is 0 Å². The second-order valence-electron chi connectivity index (χ2n) is 21.0. The molecule has 0 aliphatic carbocycles. The summed E-state index contributed by atoms with van der Waals surface area (Å²) in [5.74, 6) is -13.7. The van der Waals surface area contributed by atoms with Crippen LogP contribution < -0.4 is 71.2 Å². The number of para-hydroxylation sites is 1. The lowest BCUT2D eigenvalue weighted by atomic mass is 10.0. The standard InChI is InChI=1S/C58H81N15O16/c59-22-8-6-15-39(66-55(86)44(29-48(78)79)71-53(84)42(27-34-30-65-38-14-5-4-13-36(34)38)69-49(80)37(61)25-32-11-2-1-3-12-32)50(81)70-43(28-47(76)77)54(85)67-40(16-7-9-23-60)52(83)73-46(31-74)56(87)68-41(17-10-24-64-58(62)63)51(82)72-45(57(88)89)26-33-18-20-35(75)21-19-33/h1-5,11-14,18-21,30,37,39-46,65,74-75H,6-10,15-17,22-29,31,59-61H2,(H,66,86)(H,67,85)(H,68,87)(H,69,80)(H,70,81)(H,71,84)(H,72,82)(H,73,83)(H,76,77)(H,78,79)(H,88,89)(H4,62,63,64)/t37-,39-,40-,41-,42-,43-,44-,45-,46-/m0/s1. The van der Waals surface area contributed by atoms with Crippen LogP contribution in [0.2, 0.25) is 0 Å². The molecule has 0 unspecified atom stereocenters. The topological polar surface area (TPSA) is 543 Å². The first-order valence-electron chi connectivity index (χ1n) is 28.7. The fraction of sp³-hybridized carbons (Fsp3) is 0.448. The number of unbranched alkanes of at least 4 members (excludes halogenated alkanes) is 2. The number of rotatable bonds is 40. The first kappa shape index (κ1) is 71.8. The molecule has 484 valence electrons. The highest BCUT2D eigenvalue weighted by atomic mass is 16.4. The van der Waals surface area contributed by atoms with Crippen molar-refractivity contribution in [2.45, 2.75) is 138 Å². The molecule has 3 aromatic carbocycles. The normalized spacial score (nSPS) is 14.1. The molecule has 89 heavy (non-hydrogen) atoms. The molecule has 0 aliphatic heterocycles. The van der Waals surface area contributed by atoms with E-state index in [2.05, 4.69) is 52.5 Å². The number of aromatic hydroxyl groups is 1. The molecule has 0 aliphatic rings. The maximum absolute atomic E-state index is 14.3. The Balaban J connectivity index is 1.55. The van der Waals surface area contributed by atoms with Crippen LogP contribution >= 0.6 is 0 Å². The number of aliphatic hydroxyl groups is 1. The second-order valence-corrected chi connectivity index (χ2v) is 21.0. The van der Waals surface area contributed by atoms with E-state index in [1.54, 1.807) is 60.8 Å². The lowest BCUT2D eigenvalue weighted by Crippen LogP contribution is -2.61. The summed E-state index contributed by atoms with van der Waals surface area (Å²) in [6.07, 6.45) is -0.591. The van der Waals surface area contributed by atoms with Crippen molar-refractivity contribution in [2.24, 2.45) is 33.7 Å². The van der Waals surface area contributed by atoms with Gasteiger partial charge in [-0.05, 0) is 106 Å². The van der Waals surface area contributed by atoms with Crippen molar-refractivity contribution in [1.29, 1.82) is 0 Å². The first-order valence-corrected chi connectivity index (χ1v) is 28.7. The molecule has 4 rings (SSSR count). The number of amides is 8. The monoisotopic (exact) mass is 1240 g/mol. The number of aliphatic hydroxyl groups excluding tert-OH is 1. The summed E-state index contributed by atoms with van der Waals surface area (Å²) in [4.78, 5) is 156. The zero-order valence-electron chi connectivity index (χ0n) is 48.9. The Bertz CT molecular complexity index is 3070. The van der Waals surface area contributed by atoms with Crippen molar-refractivity contribution in [1.82, 2.24) is 47.5 Å². The number of nitrogens with zero attached hydrogens (tertiary/aromatic N) is 1. The number of carbonyl (C=O) groups is 11. The number of aliphatic imine (C=N–C) groups is 1. The van der Waals surface area contributed by atoms with E-state index >= 15 is 0 Å². The molecule has 31 nitrogen and oxygen atoms in total. The lowest BCUT2D eigenvalue weighted by Gasteiger charge is -2.27. The van der Waals surface area contributed by atoms with Gasteiger partial charge in [-0.3, -0.25) is 52.9 Å². The number of H-pyrrole nitrogens is 1. The predicted octanol–water partition coefficient (Wildman–Crippen LogP) is -3.56. The van der Waals surface area contributed by atoms with E-state index in [1.807, 2.05) is 0 Å². The number of guanidine groups is 1. The molecule has 0 spiro atoms. The summed E-state index contributed by atoms with van der Waals surface area (Å²) < 4.78 is 0. The van der Waals surface area contributed by atoms with Crippen LogP contribution in [-0.4, -0.2) is 182 Å². The van der Waals surface area contributed by atoms with Crippen LogP contribution in [0.3, 0.4) is 0 Å². The molecule has 0 bridgehead atoms. The molecule has 0 radical (unpaired) electrons. The minimum Gasteiger partial charge on any atom is -0.508 e. The highest BCUT2D eigenvalue weighted by Gasteiger charge is 2.36. The Morgan fingerprint density at radius 1 is 0.472 bits per heavy atom. The van der Waals surface area contributed by atoms with E-state index < -0.39 is 139 Å². The molecule has 8 amide bonds. The number of carboxylic acid groups (broad SMARTS) is 3. The van der Waals surface area contributed by atoms with Gasteiger partial charge in [0.1, 0.15) is 54.1 Å². The number of phenolic OH excluding ortho intramolecular Hbond substituents is 1. The largest absolute Gasteiger partial charge is 0.508 e. The molecule has 24 N–H and O–H groups in total. The van der Waals surface area contributed by atoms with E-state index in [1.165, 1.54) is 24.3 Å². The van der Waals surface area contributed by atoms with Gasteiger partial charge in [0.05, 0.1) is 25.5 Å². The van der Waals surface area contributed by atoms with Gasteiger partial charge in [-0.1, -0.05) is 60.7 Å². The minimum absolute atomic E-state index is 0.0351. The highest BCUT2D eigenvalue weighted by molar-refractivity contribution is 6.00. The van der Waals surface area contributed by atoms with Crippen LogP contribution in [0.5, 0.6) is 5.75 Å². The van der Waals surface area contributed by atoms with Crippen LogP contribution in [0.1, 0.15) is 80.9 Å². The van der Waals surface area contributed by atoms with Crippen LogP contribution in [0.15, 0.2) is 90.1 Å². The third-order valence-corrected chi connectivity index (χ3v) is 13.9. The SMILES string of the molecule is NCCCC[C@H](NC(=O)[C@H](CC(=O)O)NC(=O)[C@H](CCCCN)NC(=O)[C@H](CC(=O)O)NC(=O)[C@H](Cc1c[nH]c2ccccc12)NC(=O)[C@@H](N)Cc1ccccc1)C(=O)N[C@@H](CO)C(=O)N[C@@H](CCCN=C(N)N)C(=O)N[C@@H](Cc1ccc(O)cc1)C(=O)O. The Kier molecular flexibility index (Phi) is 29.9. The number of nitrogens with two attached hydrogens (primary N) is 5. The van der Waals surface area contributed by atoms with Gasteiger partial charge in [0.2, 0.25) is 47.3 Å². The number of phenols is 1. The number of fused-ring (bicyclic) bond motifs is 1. The van der Waals surface area contributed by atoms with Gasteiger partial charge in [-0.2, -0.15) is 0 Å². The molecule has 0 saturated carbocycles. The Hall–Kier alpha value is -9.72. The zero-order chi connectivity index (χ0) is 65.6. The van der Waals surface area contributed by atoms with E-state index in [-0.39, 0.29) is 102 Å². The number of aromatic nitrogens is 1. The van der Waals surface area contributed by atoms with Crippen molar-refractivity contribution in [3.8, 4) is 5.75 Å². The van der Waals surface area contributed by atoms with Crippen molar-refractivity contribution in [3.05, 3.63) is 102 Å². The van der Waals surface area contributed by atoms with E-state index in [0.29, 0.717) is 22.0 Å². The van der Waals surface area contributed by atoms with Crippen molar-refractivity contribution < 1.29 is 78.3 Å². The molecule has 1 heterocycles. The van der Waals surface area contributed by atoms with Gasteiger partial charge >= 0.3 is 17.9 Å². The molecular weight excluding hydrogens is 1160 g/mol. The Labute approximate surface area is 511 Å². The number of aromatic amines is 1. The Morgan fingerprint density at radius 2 is 0.899 bits per heavy atom. The molecular formula is C58H81N15O16. The molecule has 4 aromatic rings. The van der Waals surface area contributed by atoms with Gasteiger partial charge < -0.3 is 102 Å². The molecule has 9 atom stereocenters. The molecule has 0 fully saturated rings. The van der Waals surface area contributed by atoms with Crippen LogP contribution in [0, 0.1) is 0 Å². The van der Waals surface area contributed by atoms with Gasteiger partial charge in [-0.15, -0.1) is 0 Å². The predicted molar refractivity (Wildman–Crippen MR) is 322 cm³/mol. The number of carboxylic acids is 3. The molecule has 0 saturated heterocycles. The maximum Gasteiger partial charge on any atom is 0.326 e. The third kappa shape index (κ3) is 24.9. The summed E-state index contributed by atoms with van der Waals surface area (Å²) in [5, 5.41) is 69.8. The number of nitrogens with one attached hydrogen (secondary N) is 9. The van der Waals surface area contributed by atoms with Gasteiger partial charge in [0.15, 0.2) is 5.96 Å². The van der Waals surface area contributed by atoms with Crippen molar-refractivity contribution in [3.63, 3.8) is 0 Å². The fourth-order valence-electron chi connectivity index (χ4n) is 9.20. The average Bonchev–Trinajstić information content (AvgIpc) is 2.57. The van der Waals surface area contributed by atoms with Crippen molar-refractivity contribution in [2.75, 3.05) is 26.2 Å². The first-order chi connectivity index (χ1) is 42.4. The fourth-order valence-corrected chi connectivity index (χ4v) is 9.20. The van der Waals surface area contributed by atoms with E-state index in [9.17, 15) is 78.3 Å². The Morgan fingerprint density at radius 3 is 1.39 bits per heavy atom. The average molecular weight is 1240 g/mol. The third-order valence-electron chi connectivity index (χ3n) is 13.9. The lowest BCUT2D eigenvalue weighted by molar-refractivity contribution is -0.143. The number of hydrogen-bond acceptors (Lipinski definition) is 17. The summed E-state index contributed by atoms with van der Waals surface area (Å²) in [7, 11) is 0. The number of carbonyl (C=O) groups excluding carboxylic acids is 8. The van der Waals surface area contributed by atoms with Crippen LogP contribution in [-0.2, 0) is 72.0 Å². The van der Waals surface area contributed by atoms with Gasteiger partial charge in [-0.25, -0.2) is 4.79 Å². The summed E-state index contributed by atoms with van der Waals surface area (Å²) in [5.41, 5.74) is 31.0. The van der Waals surface area contributed by atoms with Crippen LogP contribution in [0.25, 0.3) is 10.9 Å². The van der Waals surface area contributed by atoms with Gasteiger partial charge in [0, 0.05) is 36.5 Å². The van der Waals surface area contributed by atoms with Crippen molar-refractivity contribution >= 4 is 82.0 Å². The molecule has 31 heteroatoms. The quantitative estimate of drug-likeness (QED) is 0.0116.